The van der Waals surface area contributed by atoms with Gasteiger partial charge in [0.15, 0.2) is 0 Å². The lowest BCUT2D eigenvalue weighted by molar-refractivity contribution is 0.102. The zero-order valence-corrected chi connectivity index (χ0v) is 9.96. The molecule has 0 spiro atoms. The zero-order valence-electron chi connectivity index (χ0n) is 9.14. The van der Waals surface area contributed by atoms with Crippen molar-refractivity contribution >= 4 is 28.8 Å². The molecule has 18 heavy (non-hydrogen) atoms. The molecule has 0 radical (unpaired) electrons. The smallest absolute Gasteiger partial charge is 0.258 e. The largest absolute Gasteiger partial charge is 0.472 e. The third-order valence-electron chi connectivity index (χ3n) is 2.29. The van der Waals surface area contributed by atoms with Crippen molar-refractivity contribution in [3.8, 4) is 0 Å². The molecule has 1 aromatic carbocycles. The predicted octanol–water partition coefficient (Wildman–Crippen LogP) is 2.31. The molecule has 2 aromatic rings. The number of carbonyl (C=O) groups is 1. The van der Waals surface area contributed by atoms with Gasteiger partial charge in [0.05, 0.1) is 23.1 Å². The molecule has 1 heterocycles. The molecule has 1 aromatic heterocycles. The topological polar surface area (TPSA) is 68.3 Å². The molecule has 3 N–H and O–H groups in total. The van der Waals surface area contributed by atoms with Gasteiger partial charge in [-0.05, 0) is 18.2 Å². The van der Waals surface area contributed by atoms with Crippen LogP contribution in [-0.2, 0) is 0 Å². The summed E-state index contributed by atoms with van der Waals surface area (Å²) in [6, 6.07) is 5.70. The summed E-state index contributed by atoms with van der Waals surface area (Å²) in [7, 11) is 0. The lowest BCUT2D eigenvalue weighted by Crippen LogP contribution is -2.18. The molecule has 6 heteroatoms. The van der Waals surface area contributed by atoms with E-state index in [2.05, 4.69) is 5.32 Å². The van der Waals surface area contributed by atoms with Gasteiger partial charge in [-0.25, -0.2) is 4.39 Å². The maximum atomic E-state index is 13.6. The number of hydrogen-bond acceptors (Lipinski definition) is 3. The Hall–Kier alpha value is -2.21. The van der Waals surface area contributed by atoms with Crippen LogP contribution in [0.2, 0.25) is 0 Å². The average Bonchev–Trinajstić information content (AvgIpc) is 2.81. The van der Waals surface area contributed by atoms with Crippen LogP contribution < -0.4 is 11.1 Å². The van der Waals surface area contributed by atoms with E-state index in [1.54, 1.807) is 0 Å². The molecule has 2 rings (SSSR count). The Labute approximate surface area is 108 Å². The minimum atomic E-state index is -0.576. The SMILES string of the molecule is NC(=S)c1c(F)cccc1NC(=O)c1ccoc1. The Morgan fingerprint density at radius 3 is 2.78 bits per heavy atom. The quantitative estimate of drug-likeness (QED) is 0.835. The number of halogens is 1. The summed E-state index contributed by atoms with van der Waals surface area (Å²) in [5.41, 5.74) is 6.01. The Kier molecular flexibility index (Phi) is 3.38. The van der Waals surface area contributed by atoms with Crippen LogP contribution >= 0.6 is 12.2 Å². The molecule has 0 aliphatic carbocycles. The molecule has 1 amide bonds. The summed E-state index contributed by atoms with van der Waals surface area (Å²) >= 11 is 4.76. The summed E-state index contributed by atoms with van der Waals surface area (Å²) in [6.45, 7) is 0. The molecule has 0 unspecified atom stereocenters. The first-order valence-corrected chi connectivity index (χ1v) is 5.42. The van der Waals surface area contributed by atoms with Gasteiger partial charge in [-0.1, -0.05) is 18.3 Å². The first-order chi connectivity index (χ1) is 8.59. The number of benzene rings is 1. The van der Waals surface area contributed by atoms with Gasteiger partial charge in [-0.15, -0.1) is 0 Å². The van der Waals surface area contributed by atoms with E-state index < -0.39 is 11.7 Å². The van der Waals surface area contributed by atoms with Gasteiger partial charge in [0.1, 0.15) is 17.1 Å². The number of thiocarbonyl (C=S) groups is 1. The Morgan fingerprint density at radius 2 is 2.17 bits per heavy atom. The molecule has 0 saturated carbocycles. The highest BCUT2D eigenvalue weighted by Crippen LogP contribution is 2.19. The second-order valence-corrected chi connectivity index (χ2v) is 3.93. The van der Waals surface area contributed by atoms with E-state index >= 15 is 0 Å². The number of furan rings is 1. The fourth-order valence-electron chi connectivity index (χ4n) is 1.47. The minimum absolute atomic E-state index is 0.0179. The highest BCUT2D eigenvalue weighted by atomic mass is 32.1. The van der Waals surface area contributed by atoms with Crippen LogP contribution in [-0.4, -0.2) is 10.9 Å². The molecule has 0 saturated heterocycles. The van der Waals surface area contributed by atoms with Gasteiger partial charge in [-0.3, -0.25) is 4.79 Å². The van der Waals surface area contributed by atoms with E-state index in [-0.39, 0.29) is 16.2 Å². The van der Waals surface area contributed by atoms with Gasteiger partial charge < -0.3 is 15.5 Å². The summed E-state index contributed by atoms with van der Waals surface area (Å²) < 4.78 is 18.3. The zero-order chi connectivity index (χ0) is 13.1. The van der Waals surface area contributed by atoms with Crippen LogP contribution in [0.15, 0.2) is 41.2 Å². The van der Waals surface area contributed by atoms with E-state index in [4.69, 9.17) is 22.4 Å². The van der Waals surface area contributed by atoms with Crippen molar-refractivity contribution in [2.24, 2.45) is 5.73 Å². The van der Waals surface area contributed by atoms with Gasteiger partial charge in [0, 0.05) is 0 Å². The van der Waals surface area contributed by atoms with E-state index in [1.807, 2.05) is 0 Å². The molecule has 0 aliphatic heterocycles. The van der Waals surface area contributed by atoms with Crippen LogP contribution in [0.1, 0.15) is 15.9 Å². The van der Waals surface area contributed by atoms with Crippen LogP contribution in [0.5, 0.6) is 0 Å². The summed E-state index contributed by atoms with van der Waals surface area (Å²) in [5, 5.41) is 2.53. The second kappa shape index (κ2) is 4.97. The fourth-order valence-corrected chi connectivity index (χ4v) is 1.67. The van der Waals surface area contributed by atoms with Gasteiger partial charge in [-0.2, -0.15) is 0 Å². The molecular formula is C12H9FN2O2S. The Balaban J connectivity index is 2.32. The predicted molar refractivity (Wildman–Crippen MR) is 68.9 cm³/mol. The van der Waals surface area contributed by atoms with E-state index in [0.29, 0.717) is 5.56 Å². The number of carbonyl (C=O) groups excluding carboxylic acids is 1. The number of nitrogens with one attached hydrogen (secondary N) is 1. The molecule has 0 atom stereocenters. The lowest BCUT2D eigenvalue weighted by Gasteiger charge is -2.09. The molecule has 92 valence electrons. The fraction of sp³-hybridized carbons (Fsp3) is 0. The van der Waals surface area contributed by atoms with Crippen LogP contribution in [0.4, 0.5) is 10.1 Å². The summed E-state index contributed by atoms with van der Waals surface area (Å²) in [5.74, 6) is -1.00. The number of anilines is 1. The molecule has 0 bridgehead atoms. The monoisotopic (exact) mass is 264 g/mol. The second-order valence-electron chi connectivity index (χ2n) is 3.49. The Bertz CT molecular complexity index is 596. The number of amides is 1. The maximum absolute atomic E-state index is 13.6. The molecular weight excluding hydrogens is 255 g/mol. The van der Waals surface area contributed by atoms with Crippen molar-refractivity contribution in [1.29, 1.82) is 0 Å². The highest BCUT2D eigenvalue weighted by Gasteiger charge is 2.14. The van der Waals surface area contributed by atoms with E-state index in [9.17, 15) is 9.18 Å². The van der Waals surface area contributed by atoms with E-state index in [0.717, 1.165) is 0 Å². The van der Waals surface area contributed by atoms with Crippen molar-refractivity contribution in [2.45, 2.75) is 0 Å². The minimum Gasteiger partial charge on any atom is -0.472 e. The standard InChI is InChI=1S/C12H9FN2O2S/c13-8-2-1-3-9(10(8)11(14)18)15-12(16)7-4-5-17-6-7/h1-6H,(H2,14,18)(H,15,16). The molecule has 4 nitrogen and oxygen atoms in total. The first-order valence-electron chi connectivity index (χ1n) is 5.01. The third kappa shape index (κ3) is 2.38. The van der Waals surface area contributed by atoms with Gasteiger partial charge in [0.2, 0.25) is 0 Å². The molecule has 0 fully saturated rings. The number of nitrogens with two attached hydrogens (primary N) is 1. The van der Waals surface area contributed by atoms with Crippen molar-refractivity contribution in [3.05, 3.63) is 53.7 Å². The summed E-state index contributed by atoms with van der Waals surface area (Å²) in [4.78, 5) is 11.7. The van der Waals surface area contributed by atoms with Crippen molar-refractivity contribution < 1.29 is 13.6 Å². The normalized spacial score (nSPS) is 10.1. The summed E-state index contributed by atoms with van der Waals surface area (Å²) in [6.07, 6.45) is 2.66. The van der Waals surface area contributed by atoms with Crippen LogP contribution in [0.25, 0.3) is 0 Å². The molecule has 0 aliphatic rings. The highest BCUT2D eigenvalue weighted by molar-refractivity contribution is 7.80. The van der Waals surface area contributed by atoms with Crippen molar-refractivity contribution in [3.63, 3.8) is 0 Å². The lowest BCUT2D eigenvalue weighted by atomic mass is 10.1. The van der Waals surface area contributed by atoms with Crippen LogP contribution in [0.3, 0.4) is 0 Å². The third-order valence-corrected chi connectivity index (χ3v) is 2.50. The number of hydrogen-bond donors (Lipinski definition) is 2. The van der Waals surface area contributed by atoms with Crippen molar-refractivity contribution in [1.82, 2.24) is 0 Å². The van der Waals surface area contributed by atoms with Crippen LogP contribution in [0, 0.1) is 5.82 Å². The van der Waals surface area contributed by atoms with E-state index in [1.165, 1.54) is 36.8 Å². The van der Waals surface area contributed by atoms with Gasteiger partial charge >= 0.3 is 0 Å². The maximum Gasteiger partial charge on any atom is 0.258 e. The average molecular weight is 264 g/mol. The van der Waals surface area contributed by atoms with Crippen molar-refractivity contribution in [2.75, 3.05) is 5.32 Å². The first kappa shape index (κ1) is 12.3. The Morgan fingerprint density at radius 1 is 1.39 bits per heavy atom. The van der Waals surface area contributed by atoms with Gasteiger partial charge in [0.25, 0.3) is 5.91 Å². The number of rotatable bonds is 3.